The lowest BCUT2D eigenvalue weighted by atomic mass is 10.0. The van der Waals surface area contributed by atoms with Gasteiger partial charge in [-0.1, -0.05) is 25.5 Å². The van der Waals surface area contributed by atoms with Crippen molar-refractivity contribution < 1.29 is 19.1 Å². The molecular formula is C20H24FN3O3. The molecule has 27 heavy (non-hydrogen) atoms. The van der Waals surface area contributed by atoms with Crippen molar-refractivity contribution in [1.82, 2.24) is 15.1 Å². The number of aliphatic carboxylic acids is 1. The Hall–Kier alpha value is -2.70. The molecule has 3 rings (SSSR count). The van der Waals surface area contributed by atoms with Gasteiger partial charge in [-0.2, -0.15) is 5.10 Å². The van der Waals surface area contributed by atoms with Gasteiger partial charge in [-0.05, 0) is 44.2 Å². The molecule has 0 bridgehead atoms. The number of amides is 1. The number of rotatable bonds is 7. The molecule has 1 aliphatic carbocycles. The molecular weight excluding hydrogens is 349 g/mol. The number of aryl methyl sites for hydroxylation is 1. The van der Waals surface area contributed by atoms with Crippen LogP contribution in [-0.4, -0.2) is 33.3 Å². The van der Waals surface area contributed by atoms with Gasteiger partial charge in [0.2, 0.25) is 0 Å². The topological polar surface area (TPSA) is 84.2 Å². The second-order valence-corrected chi connectivity index (χ2v) is 6.98. The minimum Gasteiger partial charge on any atom is -0.481 e. The first-order valence-electron chi connectivity index (χ1n) is 9.31. The summed E-state index contributed by atoms with van der Waals surface area (Å²) in [7, 11) is 0. The van der Waals surface area contributed by atoms with Gasteiger partial charge in [-0.15, -0.1) is 0 Å². The molecule has 6 nitrogen and oxygen atoms in total. The first-order valence-corrected chi connectivity index (χ1v) is 9.31. The summed E-state index contributed by atoms with van der Waals surface area (Å²) in [6.07, 6.45) is 3.55. The number of carboxylic acid groups (broad SMARTS) is 1. The number of aromatic nitrogens is 2. The third-order valence-corrected chi connectivity index (χ3v) is 5.04. The van der Waals surface area contributed by atoms with E-state index in [9.17, 15) is 19.1 Å². The molecule has 0 saturated carbocycles. The van der Waals surface area contributed by atoms with Crippen LogP contribution in [0.3, 0.4) is 0 Å². The van der Waals surface area contributed by atoms with E-state index in [0.29, 0.717) is 18.5 Å². The highest BCUT2D eigenvalue weighted by Gasteiger charge is 2.29. The number of fused-ring (bicyclic) bond motifs is 1. The highest BCUT2D eigenvalue weighted by Crippen LogP contribution is 2.30. The van der Waals surface area contributed by atoms with E-state index in [1.165, 1.54) is 6.07 Å². The minimum atomic E-state index is -0.921. The number of carboxylic acids is 1. The second kappa shape index (κ2) is 7.90. The van der Waals surface area contributed by atoms with E-state index >= 15 is 0 Å². The molecule has 1 aromatic carbocycles. The normalized spacial score (nSPS) is 14.0. The average molecular weight is 373 g/mol. The van der Waals surface area contributed by atoms with Crippen LogP contribution in [0.15, 0.2) is 18.2 Å². The molecule has 7 heteroatoms. The van der Waals surface area contributed by atoms with Gasteiger partial charge in [0.05, 0.1) is 5.92 Å². The van der Waals surface area contributed by atoms with Gasteiger partial charge in [-0.25, -0.2) is 9.07 Å². The van der Waals surface area contributed by atoms with E-state index in [1.807, 2.05) is 19.9 Å². The quantitative estimate of drug-likeness (QED) is 0.781. The van der Waals surface area contributed by atoms with Gasteiger partial charge in [0.25, 0.3) is 5.91 Å². The predicted octanol–water partition coefficient (Wildman–Crippen LogP) is 3.04. The maximum absolute atomic E-state index is 14.4. The van der Waals surface area contributed by atoms with Crippen LogP contribution in [0.1, 0.15) is 53.5 Å². The molecule has 0 spiro atoms. The highest BCUT2D eigenvalue weighted by atomic mass is 19.1. The Morgan fingerprint density at radius 2 is 2.15 bits per heavy atom. The molecule has 0 radical (unpaired) electrons. The smallest absolute Gasteiger partial charge is 0.308 e. The van der Waals surface area contributed by atoms with Crippen molar-refractivity contribution >= 4 is 11.9 Å². The third-order valence-electron chi connectivity index (χ3n) is 5.04. The maximum atomic E-state index is 14.4. The highest BCUT2D eigenvalue weighted by molar-refractivity contribution is 5.94. The van der Waals surface area contributed by atoms with Gasteiger partial charge in [0.1, 0.15) is 11.5 Å². The number of nitrogens with one attached hydrogen (secondary N) is 1. The van der Waals surface area contributed by atoms with E-state index in [4.69, 9.17) is 0 Å². The zero-order valence-electron chi connectivity index (χ0n) is 15.6. The number of halogens is 1. The van der Waals surface area contributed by atoms with Crippen molar-refractivity contribution in [3.05, 3.63) is 46.5 Å². The average Bonchev–Trinajstić information content (AvgIpc) is 3.21. The molecule has 0 aliphatic heterocycles. The van der Waals surface area contributed by atoms with Crippen LogP contribution in [0.4, 0.5) is 4.39 Å². The van der Waals surface area contributed by atoms with Crippen molar-refractivity contribution in [2.75, 3.05) is 6.54 Å². The van der Waals surface area contributed by atoms with Crippen molar-refractivity contribution in [1.29, 1.82) is 0 Å². The van der Waals surface area contributed by atoms with Crippen LogP contribution in [-0.2, 0) is 17.6 Å². The maximum Gasteiger partial charge on any atom is 0.308 e. The molecule has 2 aromatic rings. The summed E-state index contributed by atoms with van der Waals surface area (Å²) < 4.78 is 16.0. The van der Waals surface area contributed by atoms with Crippen LogP contribution < -0.4 is 5.32 Å². The molecule has 1 aliphatic rings. The molecule has 1 aromatic heterocycles. The fourth-order valence-electron chi connectivity index (χ4n) is 3.66. The lowest BCUT2D eigenvalue weighted by Crippen LogP contribution is -2.33. The first kappa shape index (κ1) is 19.1. The summed E-state index contributed by atoms with van der Waals surface area (Å²) in [5, 5.41) is 16.4. The van der Waals surface area contributed by atoms with E-state index in [-0.39, 0.29) is 18.1 Å². The number of nitrogens with zero attached hydrogens (tertiary/aromatic N) is 2. The fraction of sp³-hybridized carbons (Fsp3) is 0.450. The summed E-state index contributed by atoms with van der Waals surface area (Å²) in [6, 6.07) is 4.84. The van der Waals surface area contributed by atoms with Crippen LogP contribution in [0.5, 0.6) is 0 Å². The van der Waals surface area contributed by atoms with Gasteiger partial charge in [0, 0.05) is 17.8 Å². The van der Waals surface area contributed by atoms with Crippen LogP contribution >= 0.6 is 0 Å². The van der Waals surface area contributed by atoms with Gasteiger partial charge in [-0.3, -0.25) is 9.59 Å². The van der Waals surface area contributed by atoms with Crippen molar-refractivity contribution in [3.8, 4) is 5.69 Å². The largest absolute Gasteiger partial charge is 0.481 e. The van der Waals surface area contributed by atoms with E-state index in [0.717, 1.165) is 36.1 Å². The Balaban J connectivity index is 1.89. The van der Waals surface area contributed by atoms with E-state index in [1.54, 1.807) is 10.7 Å². The summed E-state index contributed by atoms with van der Waals surface area (Å²) in [4.78, 5) is 24.0. The zero-order valence-corrected chi connectivity index (χ0v) is 15.6. The predicted molar refractivity (Wildman–Crippen MR) is 98.7 cm³/mol. The number of hydrogen-bond acceptors (Lipinski definition) is 3. The Labute approximate surface area is 157 Å². The Morgan fingerprint density at radius 3 is 2.81 bits per heavy atom. The minimum absolute atomic E-state index is 0.0579. The molecule has 1 amide bonds. The standard InChI is InChI=1S/C20H24FN3O3/c1-3-6-13(20(26)27)11-22-19(25)17-14-8-5-10-16(14)24(23-17)18-12(2)7-4-9-15(18)21/h4,7,9,13H,3,5-6,8,10-11H2,1-2H3,(H,22,25)(H,26,27). The lowest BCUT2D eigenvalue weighted by molar-refractivity contribution is -0.141. The van der Waals surface area contributed by atoms with Gasteiger partial charge >= 0.3 is 5.97 Å². The molecule has 2 N–H and O–H groups in total. The third kappa shape index (κ3) is 3.72. The van der Waals surface area contributed by atoms with Crippen LogP contribution in [0.25, 0.3) is 5.69 Å². The molecule has 1 unspecified atom stereocenters. The summed E-state index contributed by atoms with van der Waals surface area (Å²) in [5.41, 5.74) is 3.07. The molecule has 0 saturated heterocycles. The monoisotopic (exact) mass is 373 g/mol. The molecule has 1 heterocycles. The van der Waals surface area contributed by atoms with Crippen LogP contribution in [0.2, 0.25) is 0 Å². The SMILES string of the molecule is CCCC(CNC(=O)c1nn(-c2c(C)cccc2F)c2c1CCC2)C(=O)O. The lowest BCUT2D eigenvalue weighted by Gasteiger charge is -2.12. The first-order chi connectivity index (χ1) is 12.9. The number of carbonyl (C=O) groups excluding carboxylic acids is 1. The molecule has 1 atom stereocenters. The van der Waals surface area contributed by atoms with E-state index < -0.39 is 17.8 Å². The van der Waals surface area contributed by atoms with Crippen molar-refractivity contribution in [2.24, 2.45) is 5.92 Å². The van der Waals surface area contributed by atoms with E-state index in [2.05, 4.69) is 10.4 Å². The second-order valence-electron chi connectivity index (χ2n) is 6.98. The summed E-state index contributed by atoms with van der Waals surface area (Å²) in [5.74, 6) is -2.32. The summed E-state index contributed by atoms with van der Waals surface area (Å²) in [6.45, 7) is 3.77. The molecule has 144 valence electrons. The Morgan fingerprint density at radius 1 is 1.37 bits per heavy atom. The van der Waals surface area contributed by atoms with Gasteiger partial charge < -0.3 is 10.4 Å². The number of benzene rings is 1. The van der Waals surface area contributed by atoms with Gasteiger partial charge in [0.15, 0.2) is 5.69 Å². The Kier molecular flexibility index (Phi) is 5.58. The van der Waals surface area contributed by atoms with Crippen LogP contribution in [0, 0.1) is 18.7 Å². The van der Waals surface area contributed by atoms with Crippen molar-refractivity contribution in [2.45, 2.75) is 46.0 Å². The van der Waals surface area contributed by atoms with Crippen molar-refractivity contribution in [3.63, 3.8) is 0 Å². The number of hydrogen-bond donors (Lipinski definition) is 2. The Bertz CT molecular complexity index is 855. The summed E-state index contributed by atoms with van der Waals surface area (Å²) >= 11 is 0. The number of carbonyl (C=O) groups is 2. The zero-order chi connectivity index (χ0) is 19.6. The molecule has 0 fully saturated rings. The fourth-order valence-corrected chi connectivity index (χ4v) is 3.66. The number of para-hydroxylation sites is 1.